The van der Waals surface area contributed by atoms with Crippen LogP contribution in [0.2, 0.25) is 0 Å². The lowest BCUT2D eigenvalue weighted by atomic mass is 10.0. The molecule has 1 fully saturated rings. The van der Waals surface area contributed by atoms with E-state index in [2.05, 4.69) is 10.3 Å². The summed E-state index contributed by atoms with van der Waals surface area (Å²) in [5, 5.41) is 3.13. The number of para-hydroxylation sites is 1. The minimum Gasteiger partial charge on any atom is -0.496 e. The van der Waals surface area contributed by atoms with Gasteiger partial charge in [0.2, 0.25) is 11.8 Å². The number of likely N-dealkylation sites (tertiary alicyclic amines) is 1. The quantitative estimate of drug-likeness (QED) is 0.622. The van der Waals surface area contributed by atoms with Crippen LogP contribution in [-0.4, -0.2) is 39.9 Å². The van der Waals surface area contributed by atoms with Gasteiger partial charge >= 0.3 is 0 Å². The van der Waals surface area contributed by atoms with Gasteiger partial charge in [-0.1, -0.05) is 48.5 Å². The fraction of sp³-hybridized carbons (Fsp3) is 0.320. The molecule has 0 radical (unpaired) electrons. The first-order valence-electron chi connectivity index (χ1n) is 10.7. The summed E-state index contributed by atoms with van der Waals surface area (Å²) in [5.74, 6) is 0.766. The van der Waals surface area contributed by atoms with E-state index >= 15 is 0 Å². The van der Waals surface area contributed by atoms with Crippen molar-refractivity contribution in [2.24, 2.45) is 13.0 Å². The first kappa shape index (κ1) is 21.6. The van der Waals surface area contributed by atoms with Crippen molar-refractivity contribution in [3.63, 3.8) is 0 Å². The van der Waals surface area contributed by atoms with E-state index in [9.17, 15) is 9.59 Å². The molecule has 3 unspecified atom stereocenters. The van der Waals surface area contributed by atoms with Crippen molar-refractivity contribution >= 4 is 11.8 Å². The minimum absolute atomic E-state index is 0.00710. The Morgan fingerprint density at radius 1 is 1.16 bits per heavy atom. The summed E-state index contributed by atoms with van der Waals surface area (Å²) in [6.45, 7) is 2.39. The number of methoxy groups -OCH3 is 1. The van der Waals surface area contributed by atoms with E-state index < -0.39 is 12.0 Å². The van der Waals surface area contributed by atoms with Crippen LogP contribution in [0.15, 0.2) is 67.0 Å². The predicted octanol–water partition coefficient (Wildman–Crippen LogP) is 3.24. The number of benzene rings is 2. The van der Waals surface area contributed by atoms with Gasteiger partial charge in [-0.15, -0.1) is 0 Å². The molecule has 32 heavy (non-hydrogen) atoms. The molecule has 3 atom stereocenters. The second-order valence-electron chi connectivity index (χ2n) is 8.11. The van der Waals surface area contributed by atoms with Gasteiger partial charge in [0.15, 0.2) is 0 Å². The van der Waals surface area contributed by atoms with Gasteiger partial charge < -0.3 is 19.5 Å². The summed E-state index contributed by atoms with van der Waals surface area (Å²) in [4.78, 5) is 32.3. The lowest BCUT2D eigenvalue weighted by Crippen LogP contribution is -2.37. The van der Waals surface area contributed by atoms with E-state index in [0.29, 0.717) is 18.1 Å². The van der Waals surface area contributed by atoms with Crippen molar-refractivity contribution in [2.45, 2.75) is 25.4 Å². The Bertz CT molecular complexity index is 1100. The highest BCUT2D eigenvalue weighted by Crippen LogP contribution is 2.32. The van der Waals surface area contributed by atoms with E-state index in [1.165, 1.54) is 0 Å². The fourth-order valence-electron chi connectivity index (χ4n) is 4.29. The maximum Gasteiger partial charge on any atom is 0.226 e. The summed E-state index contributed by atoms with van der Waals surface area (Å²) in [7, 11) is 3.49. The number of amides is 2. The molecule has 7 heteroatoms. The van der Waals surface area contributed by atoms with E-state index in [1.54, 1.807) is 18.2 Å². The van der Waals surface area contributed by atoms with Crippen LogP contribution < -0.4 is 10.1 Å². The molecular formula is C25H28N4O3. The van der Waals surface area contributed by atoms with Crippen molar-refractivity contribution in [3.8, 4) is 5.75 Å². The summed E-state index contributed by atoms with van der Waals surface area (Å²) < 4.78 is 7.41. The third-order valence-corrected chi connectivity index (χ3v) is 6.13. The number of nitrogens with zero attached hydrogens (tertiary/aromatic N) is 3. The highest BCUT2D eigenvalue weighted by molar-refractivity contribution is 5.89. The maximum absolute atomic E-state index is 13.3. The number of imidazole rings is 1. The topological polar surface area (TPSA) is 76.5 Å². The second kappa shape index (κ2) is 9.26. The number of carbonyl (C=O) groups excluding carboxylic acids is 2. The van der Waals surface area contributed by atoms with Crippen LogP contribution in [0, 0.1) is 5.92 Å². The first-order valence-corrected chi connectivity index (χ1v) is 10.7. The lowest BCUT2D eigenvalue weighted by Gasteiger charge is -2.26. The molecule has 4 rings (SSSR count). The highest BCUT2D eigenvalue weighted by atomic mass is 16.5. The average molecular weight is 433 g/mol. The number of aryl methyl sites for hydroxylation is 1. The van der Waals surface area contributed by atoms with Crippen LogP contribution in [-0.2, 0) is 16.6 Å². The van der Waals surface area contributed by atoms with Crippen molar-refractivity contribution in [2.75, 3.05) is 13.7 Å². The van der Waals surface area contributed by atoms with E-state index in [1.807, 2.05) is 79.3 Å². The molecular weight excluding hydrogens is 404 g/mol. The maximum atomic E-state index is 13.3. The number of nitrogens with one attached hydrogen (secondary N) is 1. The van der Waals surface area contributed by atoms with Gasteiger partial charge in [0, 0.05) is 38.0 Å². The predicted molar refractivity (Wildman–Crippen MR) is 121 cm³/mol. The molecule has 1 aromatic heterocycles. The van der Waals surface area contributed by atoms with Gasteiger partial charge in [0.1, 0.15) is 17.6 Å². The Kier molecular flexibility index (Phi) is 6.25. The molecule has 1 aliphatic rings. The van der Waals surface area contributed by atoms with Crippen LogP contribution in [0.1, 0.15) is 42.4 Å². The van der Waals surface area contributed by atoms with Crippen molar-refractivity contribution in [1.82, 2.24) is 19.8 Å². The van der Waals surface area contributed by atoms with Crippen molar-refractivity contribution < 1.29 is 14.3 Å². The first-order chi connectivity index (χ1) is 15.5. The highest BCUT2D eigenvalue weighted by Gasteiger charge is 2.38. The van der Waals surface area contributed by atoms with Gasteiger partial charge in [0.25, 0.3) is 0 Å². The van der Waals surface area contributed by atoms with E-state index in [4.69, 9.17) is 4.74 Å². The normalized spacial score (nSPS) is 17.8. The Morgan fingerprint density at radius 3 is 2.56 bits per heavy atom. The number of hydrogen-bond acceptors (Lipinski definition) is 4. The summed E-state index contributed by atoms with van der Waals surface area (Å²) in [6.07, 6.45) is 3.74. The van der Waals surface area contributed by atoms with Gasteiger partial charge in [-0.25, -0.2) is 4.98 Å². The van der Waals surface area contributed by atoms with Gasteiger partial charge in [-0.3, -0.25) is 9.59 Å². The number of carbonyl (C=O) groups is 2. The van der Waals surface area contributed by atoms with Gasteiger partial charge in [-0.05, 0) is 18.6 Å². The SMILES string of the molecule is COc1ccccc1C(NC(=O)C1CC(=O)N(C(C)c2ccccc2)C1)c1nccn1C. The third kappa shape index (κ3) is 4.23. The Hall–Kier alpha value is -3.61. The largest absolute Gasteiger partial charge is 0.496 e. The average Bonchev–Trinajstić information content (AvgIpc) is 3.43. The zero-order valence-corrected chi connectivity index (χ0v) is 18.6. The van der Waals surface area contributed by atoms with E-state index in [0.717, 1.165) is 11.1 Å². The molecule has 0 aliphatic carbocycles. The third-order valence-electron chi connectivity index (χ3n) is 6.13. The molecule has 2 heterocycles. The molecule has 3 aromatic rings. The Labute approximate surface area is 188 Å². The number of aromatic nitrogens is 2. The number of ether oxygens (including phenoxy) is 1. The van der Waals surface area contributed by atoms with Crippen LogP contribution in [0.4, 0.5) is 0 Å². The van der Waals surface area contributed by atoms with Crippen LogP contribution in [0.25, 0.3) is 0 Å². The smallest absolute Gasteiger partial charge is 0.226 e. The fourth-order valence-corrected chi connectivity index (χ4v) is 4.29. The standard InChI is InChI=1S/C25H28N4O3/c1-17(18-9-5-4-6-10-18)29-16-19(15-22(29)30)25(31)27-23(24-26-13-14-28(24)2)20-11-7-8-12-21(20)32-3/h4-14,17,19,23H,15-16H2,1-3H3,(H,27,31). The molecule has 2 aromatic carbocycles. The molecule has 1 saturated heterocycles. The Balaban J connectivity index is 1.55. The summed E-state index contributed by atoms with van der Waals surface area (Å²) >= 11 is 0. The molecule has 0 bridgehead atoms. The van der Waals surface area contributed by atoms with Crippen LogP contribution in [0.3, 0.4) is 0 Å². The molecule has 1 aliphatic heterocycles. The number of rotatable bonds is 7. The van der Waals surface area contributed by atoms with Gasteiger partial charge in [0.05, 0.1) is 19.1 Å². The molecule has 0 saturated carbocycles. The minimum atomic E-state index is -0.491. The van der Waals surface area contributed by atoms with E-state index in [-0.39, 0.29) is 24.3 Å². The molecule has 166 valence electrons. The molecule has 1 N–H and O–H groups in total. The molecule has 0 spiro atoms. The van der Waals surface area contributed by atoms with Crippen molar-refractivity contribution in [1.29, 1.82) is 0 Å². The molecule has 2 amide bonds. The van der Waals surface area contributed by atoms with Gasteiger partial charge in [-0.2, -0.15) is 0 Å². The summed E-state index contributed by atoms with van der Waals surface area (Å²) in [5.41, 5.74) is 1.87. The zero-order valence-electron chi connectivity index (χ0n) is 18.6. The molecule has 7 nitrogen and oxygen atoms in total. The zero-order chi connectivity index (χ0) is 22.7. The van der Waals surface area contributed by atoms with Crippen LogP contribution >= 0.6 is 0 Å². The lowest BCUT2D eigenvalue weighted by molar-refractivity contribution is -0.130. The monoisotopic (exact) mass is 432 g/mol. The number of hydrogen-bond donors (Lipinski definition) is 1. The van der Waals surface area contributed by atoms with Crippen molar-refractivity contribution in [3.05, 3.63) is 83.9 Å². The second-order valence-corrected chi connectivity index (χ2v) is 8.11. The van der Waals surface area contributed by atoms with Crippen LogP contribution in [0.5, 0.6) is 5.75 Å². The Morgan fingerprint density at radius 2 is 1.88 bits per heavy atom. The summed E-state index contributed by atoms with van der Waals surface area (Å²) in [6, 6.07) is 16.9.